The van der Waals surface area contributed by atoms with E-state index >= 15 is 0 Å². The lowest BCUT2D eigenvalue weighted by Crippen LogP contribution is -2.14. The van der Waals surface area contributed by atoms with E-state index in [-0.39, 0.29) is 22.6 Å². The van der Waals surface area contributed by atoms with Crippen molar-refractivity contribution in [2.24, 2.45) is 0 Å². The molecule has 0 aliphatic heterocycles. The molecule has 0 saturated carbocycles. The van der Waals surface area contributed by atoms with Gasteiger partial charge in [-0.1, -0.05) is 90.1 Å². The van der Waals surface area contributed by atoms with Gasteiger partial charge in [0.15, 0.2) is 0 Å². The van der Waals surface area contributed by atoms with Gasteiger partial charge in [-0.15, -0.1) is 0 Å². The van der Waals surface area contributed by atoms with E-state index in [1.165, 1.54) is 11.1 Å². The zero-order chi connectivity index (χ0) is 27.5. The predicted molar refractivity (Wildman–Crippen MR) is 158 cm³/mol. The molecule has 0 saturated heterocycles. The minimum Gasteiger partial charge on any atom is -0.322 e. The van der Waals surface area contributed by atoms with Gasteiger partial charge in [-0.3, -0.25) is 9.59 Å². The molecule has 4 aromatic rings. The van der Waals surface area contributed by atoms with Crippen LogP contribution in [0.5, 0.6) is 0 Å². The quantitative estimate of drug-likeness (QED) is 0.286. The second-order valence-electron chi connectivity index (χ2n) is 11.7. The minimum absolute atomic E-state index is 0.0486. The third-order valence-corrected chi connectivity index (χ3v) is 6.65. The van der Waals surface area contributed by atoms with Crippen LogP contribution in [-0.4, -0.2) is 11.8 Å². The summed E-state index contributed by atoms with van der Waals surface area (Å²) < 4.78 is 0. The molecular formula is C34H36N2O2. The highest BCUT2D eigenvalue weighted by atomic mass is 16.2. The second-order valence-corrected chi connectivity index (χ2v) is 11.7. The van der Waals surface area contributed by atoms with E-state index in [1.807, 2.05) is 97.1 Å². The zero-order valence-electron chi connectivity index (χ0n) is 23.1. The fourth-order valence-electron chi connectivity index (χ4n) is 4.14. The van der Waals surface area contributed by atoms with Gasteiger partial charge in [0.2, 0.25) is 0 Å². The third kappa shape index (κ3) is 6.57. The summed E-state index contributed by atoms with van der Waals surface area (Å²) in [5.41, 5.74) is 7.26. The number of hydrogen-bond acceptors (Lipinski definition) is 2. The fraction of sp³-hybridized carbons (Fsp3) is 0.235. The van der Waals surface area contributed by atoms with E-state index < -0.39 is 0 Å². The van der Waals surface area contributed by atoms with E-state index in [4.69, 9.17) is 0 Å². The monoisotopic (exact) mass is 504 g/mol. The van der Waals surface area contributed by atoms with Crippen LogP contribution in [0.4, 0.5) is 11.4 Å². The summed E-state index contributed by atoms with van der Waals surface area (Å²) in [5, 5.41) is 5.93. The molecule has 0 aliphatic rings. The maximum absolute atomic E-state index is 12.7. The van der Waals surface area contributed by atoms with Crippen LogP contribution in [0.1, 0.15) is 73.4 Å². The Labute approximate surface area is 226 Å². The van der Waals surface area contributed by atoms with Gasteiger partial charge in [0.25, 0.3) is 11.8 Å². The molecule has 0 aromatic heterocycles. The van der Waals surface area contributed by atoms with Crippen LogP contribution in [-0.2, 0) is 10.8 Å². The molecule has 2 N–H and O–H groups in total. The van der Waals surface area contributed by atoms with Gasteiger partial charge in [-0.05, 0) is 81.6 Å². The normalized spacial score (nSPS) is 11.6. The third-order valence-electron chi connectivity index (χ3n) is 6.65. The van der Waals surface area contributed by atoms with Gasteiger partial charge < -0.3 is 10.6 Å². The number of anilines is 2. The zero-order valence-corrected chi connectivity index (χ0v) is 23.1. The summed E-state index contributed by atoms with van der Waals surface area (Å²) >= 11 is 0. The first-order valence-electron chi connectivity index (χ1n) is 12.9. The van der Waals surface area contributed by atoms with E-state index in [1.54, 1.807) is 0 Å². The summed E-state index contributed by atoms with van der Waals surface area (Å²) in [6.45, 7) is 12.9. The Balaban J connectivity index is 1.36. The van der Waals surface area contributed by atoms with Crippen LogP contribution in [0.25, 0.3) is 11.1 Å². The maximum Gasteiger partial charge on any atom is 0.255 e. The van der Waals surface area contributed by atoms with E-state index in [9.17, 15) is 9.59 Å². The van der Waals surface area contributed by atoms with E-state index in [2.05, 4.69) is 52.2 Å². The Kier molecular flexibility index (Phi) is 7.54. The summed E-state index contributed by atoms with van der Waals surface area (Å²) in [5.74, 6) is -0.266. The molecule has 4 nitrogen and oxygen atoms in total. The molecule has 0 bridgehead atoms. The SMILES string of the molecule is CC(C)(C)c1ccc(C(=O)Nc2ccc(-c3ccc(NC(=O)c4ccc(C(C)(C)C)cc4)cc3)cc2)cc1. The molecule has 4 heteroatoms. The number of nitrogens with one attached hydrogen (secondary N) is 2. The van der Waals surface area contributed by atoms with Gasteiger partial charge >= 0.3 is 0 Å². The van der Waals surface area contributed by atoms with Gasteiger partial charge in [0.1, 0.15) is 0 Å². The molecule has 0 fully saturated rings. The molecule has 38 heavy (non-hydrogen) atoms. The van der Waals surface area contributed by atoms with Crippen molar-refractivity contribution in [3.05, 3.63) is 119 Å². The van der Waals surface area contributed by atoms with Crippen LogP contribution >= 0.6 is 0 Å². The van der Waals surface area contributed by atoms with Crippen LogP contribution in [0.2, 0.25) is 0 Å². The highest BCUT2D eigenvalue weighted by Gasteiger charge is 2.15. The van der Waals surface area contributed by atoms with Crippen molar-refractivity contribution in [1.29, 1.82) is 0 Å². The molecular weight excluding hydrogens is 468 g/mol. The average molecular weight is 505 g/mol. The molecule has 4 aromatic carbocycles. The smallest absolute Gasteiger partial charge is 0.255 e. The van der Waals surface area contributed by atoms with Crippen molar-refractivity contribution in [2.45, 2.75) is 52.4 Å². The fourth-order valence-corrected chi connectivity index (χ4v) is 4.14. The van der Waals surface area contributed by atoms with E-state index in [0.29, 0.717) is 11.1 Å². The average Bonchev–Trinajstić information content (AvgIpc) is 2.89. The molecule has 0 heterocycles. The first kappa shape index (κ1) is 26.9. The molecule has 0 atom stereocenters. The number of amides is 2. The Morgan fingerprint density at radius 2 is 0.737 bits per heavy atom. The highest BCUT2D eigenvalue weighted by molar-refractivity contribution is 6.05. The first-order chi connectivity index (χ1) is 17.9. The summed E-state index contributed by atoms with van der Waals surface area (Å²) in [7, 11) is 0. The lowest BCUT2D eigenvalue weighted by atomic mass is 9.86. The molecule has 0 unspecified atom stereocenters. The van der Waals surface area contributed by atoms with Crippen LogP contribution in [0.3, 0.4) is 0 Å². The van der Waals surface area contributed by atoms with Crippen LogP contribution in [0.15, 0.2) is 97.1 Å². The van der Waals surface area contributed by atoms with Gasteiger partial charge in [-0.2, -0.15) is 0 Å². The van der Waals surface area contributed by atoms with E-state index in [0.717, 1.165) is 22.5 Å². The molecule has 0 radical (unpaired) electrons. The Hall–Kier alpha value is -4.18. The van der Waals surface area contributed by atoms with Crippen molar-refractivity contribution >= 4 is 23.2 Å². The molecule has 0 spiro atoms. The summed E-state index contributed by atoms with van der Waals surface area (Å²) in [4.78, 5) is 25.3. The van der Waals surface area contributed by atoms with Crippen molar-refractivity contribution in [1.82, 2.24) is 0 Å². The van der Waals surface area contributed by atoms with Crippen LogP contribution in [0, 0.1) is 0 Å². The Morgan fingerprint density at radius 3 is 1.00 bits per heavy atom. The van der Waals surface area contributed by atoms with Crippen molar-refractivity contribution in [3.63, 3.8) is 0 Å². The first-order valence-corrected chi connectivity index (χ1v) is 12.9. The molecule has 2 amide bonds. The summed E-state index contributed by atoms with van der Waals surface area (Å²) in [6.07, 6.45) is 0. The van der Waals surface area contributed by atoms with Gasteiger partial charge in [0, 0.05) is 22.5 Å². The predicted octanol–water partition coefficient (Wildman–Crippen LogP) is 8.45. The molecule has 194 valence electrons. The minimum atomic E-state index is -0.133. The topological polar surface area (TPSA) is 58.2 Å². The number of rotatable bonds is 5. The van der Waals surface area contributed by atoms with Crippen molar-refractivity contribution < 1.29 is 9.59 Å². The van der Waals surface area contributed by atoms with Crippen LogP contribution < -0.4 is 10.6 Å². The standard InChI is InChI=1S/C34H36N2O2/c1-33(2,3)27-15-7-25(8-16-27)31(37)35-29-19-11-23(12-20-29)24-13-21-30(22-14-24)36-32(38)26-9-17-28(18-10-26)34(4,5)6/h7-22H,1-6H3,(H,35,37)(H,36,38). The number of carbonyl (C=O) groups is 2. The Bertz CT molecular complexity index is 1290. The lowest BCUT2D eigenvalue weighted by molar-refractivity contribution is 0.101. The number of benzene rings is 4. The van der Waals surface area contributed by atoms with Gasteiger partial charge in [0.05, 0.1) is 0 Å². The number of carbonyl (C=O) groups excluding carboxylic acids is 2. The second kappa shape index (κ2) is 10.7. The largest absolute Gasteiger partial charge is 0.322 e. The van der Waals surface area contributed by atoms with Gasteiger partial charge in [-0.25, -0.2) is 0 Å². The summed E-state index contributed by atoms with van der Waals surface area (Å²) in [6, 6.07) is 31.0. The molecule has 0 aliphatic carbocycles. The van der Waals surface area contributed by atoms with Crippen molar-refractivity contribution in [3.8, 4) is 11.1 Å². The molecule has 4 rings (SSSR count). The highest BCUT2D eigenvalue weighted by Crippen LogP contribution is 2.26. The lowest BCUT2D eigenvalue weighted by Gasteiger charge is -2.19. The Morgan fingerprint density at radius 1 is 0.447 bits per heavy atom. The van der Waals surface area contributed by atoms with Crippen molar-refractivity contribution in [2.75, 3.05) is 10.6 Å². The number of hydrogen-bond donors (Lipinski definition) is 2. The maximum atomic E-state index is 12.7.